The number of carbonyl (C=O) groups is 1. The van der Waals surface area contributed by atoms with Gasteiger partial charge in [-0.2, -0.15) is 18.3 Å². The van der Waals surface area contributed by atoms with Gasteiger partial charge in [-0.25, -0.2) is 14.3 Å². The van der Waals surface area contributed by atoms with Gasteiger partial charge in [0.15, 0.2) is 11.3 Å². The molecule has 0 saturated heterocycles. The van der Waals surface area contributed by atoms with Crippen molar-refractivity contribution in [2.24, 2.45) is 0 Å². The molecule has 0 aromatic carbocycles. The van der Waals surface area contributed by atoms with Gasteiger partial charge in [0.1, 0.15) is 0 Å². The van der Waals surface area contributed by atoms with E-state index >= 15 is 0 Å². The second-order valence-corrected chi connectivity index (χ2v) is 3.39. The summed E-state index contributed by atoms with van der Waals surface area (Å²) >= 11 is 0. The van der Waals surface area contributed by atoms with E-state index < -0.39 is 17.7 Å². The third-order valence-electron chi connectivity index (χ3n) is 2.23. The van der Waals surface area contributed by atoms with Crippen LogP contribution in [-0.2, 0) is 6.18 Å². The predicted molar refractivity (Wildman–Crippen MR) is 49.7 cm³/mol. The van der Waals surface area contributed by atoms with Crippen LogP contribution in [0.4, 0.5) is 13.2 Å². The van der Waals surface area contributed by atoms with Gasteiger partial charge in [0.25, 0.3) is 0 Å². The zero-order chi connectivity index (χ0) is 12.8. The summed E-state index contributed by atoms with van der Waals surface area (Å²) in [6, 6.07) is 0. The summed E-state index contributed by atoms with van der Waals surface area (Å²) in [4.78, 5) is 14.3. The van der Waals surface area contributed by atoms with Crippen LogP contribution in [0.2, 0.25) is 0 Å². The summed E-state index contributed by atoms with van der Waals surface area (Å²) in [5.74, 6) is -1.30. The predicted octanol–water partition coefficient (Wildman–Crippen LogP) is 1.75. The standard InChI is InChI=1S/C9H6F3N3O2/c1-4-6(8(16)17)14-15-3-5(9(10,11)12)2-13-7(4)15/h2-3H,1H3,(H,16,17). The molecule has 0 aliphatic rings. The van der Waals surface area contributed by atoms with Crippen molar-refractivity contribution in [2.45, 2.75) is 13.1 Å². The number of hydrogen-bond acceptors (Lipinski definition) is 3. The molecule has 0 fully saturated rings. The Morgan fingerprint density at radius 2 is 2.12 bits per heavy atom. The first kappa shape index (κ1) is 11.4. The Balaban J connectivity index is 2.68. The average molecular weight is 245 g/mol. The quantitative estimate of drug-likeness (QED) is 0.831. The van der Waals surface area contributed by atoms with Gasteiger partial charge in [0, 0.05) is 18.0 Å². The van der Waals surface area contributed by atoms with Gasteiger partial charge in [0.05, 0.1) is 5.56 Å². The topological polar surface area (TPSA) is 67.5 Å². The van der Waals surface area contributed by atoms with E-state index in [1.807, 2.05) is 0 Å². The van der Waals surface area contributed by atoms with Crippen molar-refractivity contribution in [3.63, 3.8) is 0 Å². The Kier molecular flexibility index (Phi) is 2.30. The highest BCUT2D eigenvalue weighted by molar-refractivity contribution is 5.89. The Hall–Kier alpha value is -2.12. The first-order valence-corrected chi connectivity index (χ1v) is 4.46. The summed E-state index contributed by atoms with van der Waals surface area (Å²) in [5, 5.41) is 12.3. The number of fused-ring (bicyclic) bond motifs is 1. The number of aryl methyl sites for hydroxylation is 1. The number of alkyl halides is 3. The molecule has 0 bridgehead atoms. The lowest BCUT2D eigenvalue weighted by atomic mass is 10.2. The van der Waals surface area contributed by atoms with E-state index in [0.717, 1.165) is 4.52 Å². The number of hydrogen-bond donors (Lipinski definition) is 1. The van der Waals surface area contributed by atoms with Gasteiger partial charge in [0.2, 0.25) is 0 Å². The molecule has 17 heavy (non-hydrogen) atoms. The molecule has 5 nitrogen and oxygen atoms in total. The largest absolute Gasteiger partial charge is 0.476 e. The molecule has 0 aliphatic heterocycles. The molecule has 0 saturated carbocycles. The zero-order valence-corrected chi connectivity index (χ0v) is 8.49. The van der Waals surface area contributed by atoms with Crippen LogP contribution in [0.1, 0.15) is 21.6 Å². The number of carboxylic acid groups (broad SMARTS) is 1. The molecule has 2 aromatic rings. The molecule has 0 radical (unpaired) electrons. The number of rotatable bonds is 1. The molecule has 0 spiro atoms. The minimum absolute atomic E-state index is 0.0930. The summed E-state index contributed by atoms with van der Waals surface area (Å²) < 4.78 is 38.0. The molecule has 0 aliphatic carbocycles. The van der Waals surface area contributed by atoms with Crippen LogP contribution >= 0.6 is 0 Å². The first-order valence-electron chi connectivity index (χ1n) is 4.46. The van der Waals surface area contributed by atoms with E-state index in [9.17, 15) is 18.0 Å². The number of aromatic carboxylic acids is 1. The molecule has 2 heterocycles. The molecule has 1 N–H and O–H groups in total. The zero-order valence-electron chi connectivity index (χ0n) is 8.49. The van der Waals surface area contributed by atoms with Gasteiger partial charge in [-0.05, 0) is 6.92 Å². The fraction of sp³-hybridized carbons (Fsp3) is 0.222. The minimum Gasteiger partial charge on any atom is -0.476 e. The maximum Gasteiger partial charge on any atom is 0.419 e. The normalized spacial score (nSPS) is 12.0. The maximum absolute atomic E-state index is 12.4. The number of nitrogens with zero attached hydrogens (tertiary/aromatic N) is 3. The molecular formula is C9H6F3N3O2. The molecule has 0 amide bonds. The van der Waals surface area contributed by atoms with E-state index in [2.05, 4.69) is 10.1 Å². The van der Waals surface area contributed by atoms with Crippen molar-refractivity contribution >= 4 is 11.6 Å². The third kappa shape index (κ3) is 1.81. The van der Waals surface area contributed by atoms with E-state index in [0.29, 0.717) is 12.4 Å². The van der Waals surface area contributed by atoms with Crippen molar-refractivity contribution in [1.29, 1.82) is 0 Å². The van der Waals surface area contributed by atoms with Gasteiger partial charge in [-0.3, -0.25) is 0 Å². The highest BCUT2D eigenvalue weighted by atomic mass is 19.4. The Bertz CT molecular complexity index is 603. The SMILES string of the molecule is Cc1c(C(=O)O)nn2cc(C(F)(F)F)cnc12. The van der Waals surface area contributed by atoms with Gasteiger partial charge in [-0.15, -0.1) is 0 Å². The first-order chi connectivity index (χ1) is 7.80. The minimum atomic E-state index is -4.54. The lowest BCUT2D eigenvalue weighted by Gasteiger charge is -2.05. The van der Waals surface area contributed by atoms with Crippen molar-refractivity contribution in [1.82, 2.24) is 14.6 Å². The fourth-order valence-corrected chi connectivity index (χ4v) is 1.40. The molecule has 90 valence electrons. The second-order valence-electron chi connectivity index (χ2n) is 3.39. The van der Waals surface area contributed by atoms with Crippen molar-refractivity contribution in [3.05, 3.63) is 29.2 Å². The van der Waals surface area contributed by atoms with Gasteiger partial charge >= 0.3 is 12.1 Å². The number of aromatic nitrogens is 3. The Labute approximate surface area is 92.5 Å². The van der Waals surface area contributed by atoms with Crippen LogP contribution in [0.3, 0.4) is 0 Å². The summed E-state index contributed by atoms with van der Waals surface area (Å²) in [7, 11) is 0. The smallest absolute Gasteiger partial charge is 0.419 e. The van der Waals surface area contributed by atoms with Crippen molar-refractivity contribution in [3.8, 4) is 0 Å². The van der Waals surface area contributed by atoms with Crippen LogP contribution in [0.25, 0.3) is 5.65 Å². The second kappa shape index (κ2) is 3.44. The van der Waals surface area contributed by atoms with Crippen LogP contribution in [-0.4, -0.2) is 25.7 Å². The average Bonchev–Trinajstić information content (AvgIpc) is 2.54. The van der Waals surface area contributed by atoms with E-state index in [4.69, 9.17) is 5.11 Å². The molecule has 2 rings (SSSR count). The highest BCUT2D eigenvalue weighted by Crippen LogP contribution is 2.28. The van der Waals surface area contributed by atoms with E-state index in [-0.39, 0.29) is 16.9 Å². The van der Waals surface area contributed by atoms with E-state index in [1.165, 1.54) is 6.92 Å². The fourth-order valence-electron chi connectivity index (χ4n) is 1.40. The maximum atomic E-state index is 12.4. The summed E-state index contributed by atoms with van der Waals surface area (Å²) in [5.41, 5.74) is -0.970. The van der Waals surface area contributed by atoms with Crippen molar-refractivity contribution in [2.75, 3.05) is 0 Å². The van der Waals surface area contributed by atoms with Crippen LogP contribution in [0.15, 0.2) is 12.4 Å². The van der Waals surface area contributed by atoms with Crippen LogP contribution < -0.4 is 0 Å². The molecule has 2 aromatic heterocycles. The molecular weight excluding hydrogens is 239 g/mol. The monoisotopic (exact) mass is 245 g/mol. The lowest BCUT2D eigenvalue weighted by molar-refractivity contribution is -0.138. The number of halogens is 3. The van der Waals surface area contributed by atoms with Crippen LogP contribution in [0, 0.1) is 6.92 Å². The molecule has 8 heteroatoms. The molecule has 0 unspecified atom stereocenters. The van der Waals surface area contributed by atoms with Gasteiger partial charge < -0.3 is 5.11 Å². The van der Waals surface area contributed by atoms with E-state index in [1.54, 1.807) is 0 Å². The molecule has 0 atom stereocenters. The highest BCUT2D eigenvalue weighted by Gasteiger charge is 2.32. The van der Waals surface area contributed by atoms with Crippen molar-refractivity contribution < 1.29 is 23.1 Å². The summed E-state index contributed by atoms with van der Waals surface area (Å²) in [6.07, 6.45) is -3.18. The Morgan fingerprint density at radius 1 is 1.47 bits per heavy atom. The number of carboxylic acids is 1. The lowest BCUT2D eigenvalue weighted by Crippen LogP contribution is -2.07. The van der Waals surface area contributed by atoms with Crippen LogP contribution in [0.5, 0.6) is 0 Å². The van der Waals surface area contributed by atoms with Gasteiger partial charge in [-0.1, -0.05) is 0 Å². The Morgan fingerprint density at radius 3 is 2.65 bits per heavy atom. The summed E-state index contributed by atoms with van der Waals surface area (Å²) in [6.45, 7) is 1.44. The third-order valence-corrected chi connectivity index (χ3v) is 2.23.